The number of anilines is 1. The number of benzene rings is 1. The number of esters is 1. The molecule has 3 rings (SSSR count). The predicted octanol–water partition coefficient (Wildman–Crippen LogP) is 2.54. The van der Waals surface area contributed by atoms with Crippen molar-refractivity contribution in [3.8, 4) is 5.75 Å². The molecule has 154 valence electrons. The molecule has 1 aliphatic rings. The Kier molecular flexibility index (Phi) is 6.21. The van der Waals surface area contributed by atoms with Crippen molar-refractivity contribution in [2.75, 3.05) is 32.2 Å². The Balaban J connectivity index is 1.56. The lowest BCUT2D eigenvalue weighted by molar-refractivity contribution is -0.132. The van der Waals surface area contributed by atoms with Gasteiger partial charge in [-0.2, -0.15) is 0 Å². The summed E-state index contributed by atoms with van der Waals surface area (Å²) in [7, 11) is 2.93. The first-order valence-corrected chi connectivity index (χ1v) is 9.34. The number of para-hydroxylation sites is 2. The number of carbonyl (C=O) groups is 3. The monoisotopic (exact) mass is 400 g/mol. The van der Waals surface area contributed by atoms with Gasteiger partial charge >= 0.3 is 5.97 Å². The van der Waals surface area contributed by atoms with Crippen LogP contribution in [0, 0.1) is 6.92 Å². The lowest BCUT2D eigenvalue weighted by Crippen LogP contribution is -2.38. The van der Waals surface area contributed by atoms with Crippen LogP contribution in [0.2, 0.25) is 0 Å². The van der Waals surface area contributed by atoms with Crippen molar-refractivity contribution >= 4 is 23.5 Å². The summed E-state index contributed by atoms with van der Waals surface area (Å²) in [4.78, 5) is 39.9. The van der Waals surface area contributed by atoms with Crippen molar-refractivity contribution in [2.45, 2.75) is 26.3 Å². The zero-order chi connectivity index (χ0) is 21.0. The largest absolute Gasteiger partial charge is 0.490 e. The van der Waals surface area contributed by atoms with Gasteiger partial charge < -0.3 is 23.7 Å². The number of fused-ring (bicyclic) bond motifs is 1. The highest BCUT2D eigenvalue weighted by atomic mass is 16.5. The molecule has 2 amide bonds. The SMILES string of the molecule is COC(=O)c1cc(CN(C)C(=O)CCC(=O)N2CCOc3ccccc32)oc1C. The molecule has 0 atom stereocenters. The zero-order valence-corrected chi connectivity index (χ0v) is 16.8. The Bertz CT molecular complexity index is 920. The average molecular weight is 400 g/mol. The average Bonchev–Trinajstić information content (AvgIpc) is 3.10. The second-order valence-corrected chi connectivity index (χ2v) is 6.79. The second kappa shape index (κ2) is 8.81. The Morgan fingerprint density at radius 2 is 1.97 bits per heavy atom. The topological polar surface area (TPSA) is 89.3 Å². The normalized spacial score (nSPS) is 12.7. The van der Waals surface area contributed by atoms with Gasteiger partial charge in [0.1, 0.15) is 29.4 Å². The maximum atomic E-state index is 12.6. The number of rotatable bonds is 6. The highest BCUT2D eigenvalue weighted by Crippen LogP contribution is 2.31. The van der Waals surface area contributed by atoms with Crippen LogP contribution in [0.4, 0.5) is 5.69 Å². The van der Waals surface area contributed by atoms with E-state index in [9.17, 15) is 14.4 Å². The molecule has 29 heavy (non-hydrogen) atoms. The number of methoxy groups -OCH3 is 1. The molecule has 0 spiro atoms. The van der Waals surface area contributed by atoms with E-state index in [1.54, 1.807) is 24.9 Å². The van der Waals surface area contributed by atoms with Gasteiger partial charge in [0.25, 0.3) is 0 Å². The predicted molar refractivity (Wildman–Crippen MR) is 105 cm³/mol. The molecule has 0 saturated heterocycles. The van der Waals surface area contributed by atoms with E-state index in [2.05, 4.69) is 0 Å². The van der Waals surface area contributed by atoms with Crippen LogP contribution in [0.15, 0.2) is 34.7 Å². The summed E-state index contributed by atoms with van der Waals surface area (Å²) < 4.78 is 15.8. The van der Waals surface area contributed by atoms with Gasteiger partial charge in [-0.15, -0.1) is 0 Å². The maximum Gasteiger partial charge on any atom is 0.341 e. The maximum absolute atomic E-state index is 12.6. The minimum atomic E-state index is -0.483. The van der Waals surface area contributed by atoms with E-state index in [1.807, 2.05) is 24.3 Å². The van der Waals surface area contributed by atoms with Crippen LogP contribution in [0.3, 0.4) is 0 Å². The van der Waals surface area contributed by atoms with Gasteiger partial charge in [0.05, 0.1) is 25.9 Å². The standard InChI is InChI=1S/C21H24N2O6/c1-14-16(21(26)27-3)12-15(29-14)13-22(2)19(24)8-9-20(25)23-10-11-28-18-7-5-4-6-17(18)23/h4-7,12H,8-11,13H2,1-3H3. The molecule has 1 aromatic heterocycles. The minimum Gasteiger partial charge on any atom is -0.490 e. The number of hydrogen-bond donors (Lipinski definition) is 0. The molecule has 2 aromatic rings. The van der Waals surface area contributed by atoms with E-state index < -0.39 is 5.97 Å². The van der Waals surface area contributed by atoms with Gasteiger partial charge in [-0.1, -0.05) is 12.1 Å². The van der Waals surface area contributed by atoms with E-state index >= 15 is 0 Å². The van der Waals surface area contributed by atoms with Crippen LogP contribution in [0.25, 0.3) is 0 Å². The first kappa shape index (κ1) is 20.4. The van der Waals surface area contributed by atoms with Crippen molar-refractivity contribution in [1.82, 2.24) is 4.90 Å². The molecule has 0 bridgehead atoms. The van der Waals surface area contributed by atoms with Crippen molar-refractivity contribution in [1.29, 1.82) is 0 Å². The molecule has 0 aliphatic carbocycles. The summed E-state index contributed by atoms with van der Waals surface area (Å²) in [6.45, 7) is 2.75. The number of carbonyl (C=O) groups excluding carboxylic acids is 3. The van der Waals surface area contributed by atoms with Crippen LogP contribution in [-0.2, 0) is 20.9 Å². The van der Waals surface area contributed by atoms with Gasteiger partial charge in [-0.3, -0.25) is 9.59 Å². The third-order valence-electron chi connectivity index (χ3n) is 4.78. The lowest BCUT2D eigenvalue weighted by atomic mass is 10.2. The van der Waals surface area contributed by atoms with E-state index in [0.29, 0.717) is 36.0 Å². The zero-order valence-electron chi connectivity index (χ0n) is 16.8. The van der Waals surface area contributed by atoms with Gasteiger partial charge in [0.2, 0.25) is 11.8 Å². The molecular formula is C21H24N2O6. The number of furan rings is 1. The molecule has 0 unspecified atom stereocenters. The smallest absolute Gasteiger partial charge is 0.341 e. The van der Waals surface area contributed by atoms with Gasteiger partial charge in [-0.25, -0.2) is 4.79 Å². The number of amides is 2. The molecule has 0 N–H and O–H groups in total. The summed E-state index contributed by atoms with van der Waals surface area (Å²) in [5.41, 5.74) is 1.07. The highest BCUT2D eigenvalue weighted by molar-refractivity contribution is 5.97. The summed E-state index contributed by atoms with van der Waals surface area (Å²) in [5, 5.41) is 0. The van der Waals surface area contributed by atoms with Crippen molar-refractivity contribution in [2.24, 2.45) is 0 Å². The summed E-state index contributed by atoms with van der Waals surface area (Å²) in [6, 6.07) is 8.93. The highest BCUT2D eigenvalue weighted by Gasteiger charge is 2.24. The van der Waals surface area contributed by atoms with Gasteiger partial charge in [0.15, 0.2) is 0 Å². The molecule has 2 heterocycles. The molecule has 1 aromatic carbocycles. The molecular weight excluding hydrogens is 376 g/mol. The second-order valence-electron chi connectivity index (χ2n) is 6.79. The third kappa shape index (κ3) is 4.59. The fourth-order valence-corrected chi connectivity index (χ4v) is 3.22. The molecule has 8 heteroatoms. The van der Waals surface area contributed by atoms with E-state index in [1.165, 1.54) is 12.0 Å². The van der Waals surface area contributed by atoms with Crippen LogP contribution >= 0.6 is 0 Å². The van der Waals surface area contributed by atoms with Gasteiger partial charge in [-0.05, 0) is 25.1 Å². The first-order chi connectivity index (χ1) is 13.9. The van der Waals surface area contributed by atoms with Crippen LogP contribution in [0.1, 0.15) is 34.7 Å². The Morgan fingerprint density at radius 1 is 1.21 bits per heavy atom. The minimum absolute atomic E-state index is 0.0818. The number of nitrogens with zero attached hydrogens (tertiary/aromatic N) is 2. The van der Waals surface area contributed by atoms with Crippen LogP contribution in [0.5, 0.6) is 5.75 Å². The lowest BCUT2D eigenvalue weighted by Gasteiger charge is -2.29. The fourth-order valence-electron chi connectivity index (χ4n) is 3.22. The Hall–Kier alpha value is -3.29. The number of hydrogen-bond acceptors (Lipinski definition) is 6. The van der Waals surface area contributed by atoms with Gasteiger partial charge in [0, 0.05) is 19.9 Å². The van der Waals surface area contributed by atoms with Crippen molar-refractivity contribution < 1.29 is 28.3 Å². The molecule has 0 fully saturated rings. The molecule has 1 aliphatic heterocycles. The van der Waals surface area contributed by atoms with E-state index in [0.717, 1.165) is 5.69 Å². The van der Waals surface area contributed by atoms with Crippen molar-refractivity contribution in [3.63, 3.8) is 0 Å². The van der Waals surface area contributed by atoms with Crippen LogP contribution in [-0.4, -0.2) is 50.0 Å². The molecule has 0 saturated carbocycles. The summed E-state index contributed by atoms with van der Waals surface area (Å²) >= 11 is 0. The first-order valence-electron chi connectivity index (χ1n) is 9.34. The van der Waals surface area contributed by atoms with Crippen molar-refractivity contribution in [3.05, 3.63) is 47.4 Å². The Labute approximate surface area is 169 Å². The summed E-state index contributed by atoms with van der Waals surface area (Å²) in [6.07, 6.45) is 0.181. The third-order valence-corrected chi connectivity index (χ3v) is 4.78. The number of ether oxygens (including phenoxy) is 2. The Morgan fingerprint density at radius 3 is 2.72 bits per heavy atom. The quantitative estimate of drug-likeness (QED) is 0.693. The number of aryl methyl sites for hydroxylation is 1. The molecule has 8 nitrogen and oxygen atoms in total. The fraction of sp³-hybridized carbons (Fsp3) is 0.381. The van der Waals surface area contributed by atoms with E-state index in [4.69, 9.17) is 13.9 Å². The van der Waals surface area contributed by atoms with Crippen LogP contribution < -0.4 is 9.64 Å². The van der Waals surface area contributed by atoms with E-state index in [-0.39, 0.29) is 31.2 Å². The summed E-state index contributed by atoms with van der Waals surface area (Å²) in [5.74, 6) is 0.798. The molecule has 0 radical (unpaired) electrons.